The van der Waals surface area contributed by atoms with Crippen LogP contribution < -0.4 is 5.32 Å². The summed E-state index contributed by atoms with van der Waals surface area (Å²) in [5.41, 5.74) is -0.514. The van der Waals surface area contributed by atoms with E-state index in [0.29, 0.717) is 6.42 Å². The fourth-order valence-electron chi connectivity index (χ4n) is 1.40. The van der Waals surface area contributed by atoms with Crippen molar-refractivity contribution in [2.24, 2.45) is 0 Å². The summed E-state index contributed by atoms with van der Waals surface area (Å²) in [6.07, 6.45) is 4.18. The first-order valence-electron chi connectivity index (χ1n) is 6.97. The first-order valence-corrected chi connectivity index (χ1v) is 6.97. The molecule has 5 nitrogen and oxygen atoms in total. The zero-order chi connectivity index (χ0) is 14.7. The lowest BCUT2D eigenvalue weighted by molar-refractivity contribution is -0.143. The molecule has 5 heteroatoms. The van der Waals surface area contributed by atoms with Gasteiger partial charge < -0.3 is 14.8 Å². The minimum atomic E-state index is -0.514. The molecule has 0 spiro atoms. The van der Waals surface area contributed by atoms with Gasteiger partial charge in [0.05, 0.1) is 6.54 Å². The molecule has 0 aliphatic heterocycles. The molecular weight excluding hydrogens is 246 g/mol. The largest absolute Gasteiger partial charge is 0.464 e. The number of unbranched alkanes of at least 4 members (excludes halogenated alkanes) is 3. The van der Waals surface area contributed by atoms with Crippen LogP contribution in [0.25, 0.3) is 0 Å². The highest BCUT2D eigenvalue weighted by Gasteiger charge is 2.15. The lowest BCUT2D eigenvalue weighted by Crippen LogP contribution is -2.34. The smallest absolute Gasteiger partial charge is 0.407 e. The van der Waals surface area contributed by atoms with Gasteiger partial charge in [0, 0.05) is 6.42 Å². The topological polar surface area (TPSA) is 64.6 Å². The van der Waals surface area contributed by atoms with Gasteiger partial charge in [-0.2, -0.15) is 0 Å². The number of esters is 1. The van der Waals surface area contributed by atoms with Crippen LogP contribution >= 0.6 is 0 Å². The highest BCUT2D eigenvalue weighted by atomic mass is 16.6. The van der Waals surface area contributed by atoms with Crippen molar-refractivity contribution in [3.63, 3.8) is 0 Å². The number of amides is 1. The molecule has 0 unspecified atom stereocenters. The van der Waals surface area contributed by atoms with Crippen LogP contribution in [-0.2, 0) is 14.3 Å². The van der Waals surface area contributed by atoms with E-state index < -0.39 is 11.7 Å². The maximum atomic E-state index is 11.3. The number of hydrogen-bond donors (Lipinski definition) is 1. The van der Waals surface area contributed by atoms with Gasteiger partial charge in [-0.1, -0.05) is 26.2 Å². The van der Waals surface area contributed by atoms with E-state index in [1.165, 1.54) is 0 Å². The second kappa shape index (κ2) is 9.64. The number of carbonyl (C=O) groups excluding carboxylic acids is 2. The Kier molecular flexibility index (Phi) is 9.00. The molecule has 0 rings (SSSR count). The third kappa shape index (κ3) is 13.0. The number of alkyl carbamates (subject to hydrolysis) is 1. The molecule has 0 fully saturated rings. The zero-order valence-electron chi connectivity index (χ0n) is 12.6. The number of hydrogen-bond acceptors (Lipinski definition) is 4. The maximum Gasteiger partial charge on any atom is 0.407 e. The second-order valence-electron chi connectivity index (χ2n) is 5.46. The number of nitrogens with one attached hydrogen (secondary N) is 1. The van der Waals surface area contributed by atoms with E-state index in [-0.39, 0.29) is 19.1 Å². The number of ether oxygens (including phenoxy) is 2. The van der Waals surface area contributed by atoms with Crippen LogP contribution in [0.1, 0.15) is 59.8 Å². The van der Waals surface area contributed by atoms with Gasteiger partial charge in [-0.25, -0.2) is 4.79 Å². The van der Waals surface area contributed by atoms with Crippen molar-refractivity contribution in [1.29, 1.82) is 0 Å². The monoisotopic (exact) mass is 273 g/mol. The van der Waals surface area contributed by atoms with Crippen LogP contribution in [-0.4, -0.2) is 30.8 Å². The van der Waals surface area contributed by atoms with Crippen molar-refractivity contribution < 1.29 is 19.1 Å². The molecule has 0 heterocycles. The highest BCUT2D eigenvalue weighted by Crippen LogP contribution is 2.06. The van der Waals surface area contributed by atoms with Crippen LogP contribution in [0.5, 0.6) is 0 Å². The Balaban J connectivity index is 3.48. The first kappa shape index (κ1) is 17.7. The molecule has 0 saturated carbocycles. The maximum absolute atomic E-state index is 11.3. The Morgan fingerprint density at radius 2 is 1.79 bits per heavy atom. The zero-order valence-corrected chi connectivity index (χ0v) is 12.6. The van der Waals surface area contributed by atoms with E-state index in [9.17, 15) is 9.59 Å². The number of carbonyl (C=O) groups is 2. The normalized spacial score (nSPS) is 10.9. The average molecular weight is 273 g/mol. The summed E-state index contributed by atoms with van der Waals surface area (Å²) in [6, 6.07) is 0. The van der Waals surface area contributed by atoms with Crippen molar-refractivity contribution in [2.45, 2.75) is 65.4 Å². The van der Waals surface area contributed by atoms with E-state index in [0.717, 1.165) is 25.7 Å². The summed E-state index contributed by atoms with van der Waals surface area (Å²) in [6.45, 7) is 7.97. The summed E-state index contributed by atoms with van der Waals surface area (Å²) >= 11 is 0. The van der Waals surface area contributed by atoms with E-state index in [1.807, 2.05) is 0 Å². The lowest BCUT2D eigenvalue weighted by Gasteiger charge is -2.19. The summed E-state index contributed by atoms with van der Waals surface area (Å²) in [7, 11) is 0. The van der Waals surface area contributed by atoms with Crippen molar-refractivity contribution >= 4 is 12.1 Å². The minimum absolute atomic E-state index is 0.186. The quantitative estimate of drug-likeness (QED) is 0.545. The summed E-state index contributed by atoms with van der Waals surface area (Å²) in [5, 5.41) is 2.53. The Morgan fingerprint density at radius 3 is 2.37 bits per heavy atom. The van der Waals surface area contributed by atoms with E-state index in [4.69, 9.17) is 9.47 Å². The summed E-state index contributed by atoms with van der Waals surface area (Å²) in [4.78, 5) is 22.6. The molecule has 0 aliphatic carbocycles. The van der Waals surface area contributed by atoms with Gasteiger partial charge in [-0.3, -0.25) is 4.79 Å². The second-order valence-corrected chi connectivity index (χ2v) is 5.46. The van der Waals surface area contributed by atoms with E-state index in [1.54, 1.807) is 20.8 Å². The fraction of sp³-hybridized carbons (Fsp3) is 0.857. The van der Waals surface area contributed by atoms with Gasteiger partial charge in [-0.15, -0.1) is 0 Å². The molecule has 0 aromatic rings. The van der Waals surface area contributed by atoms with Crippen LogP contribution in [0.3, 0.4) is 0 Å². The minimum Gasteiger partial charge on any atom is -0.464 e. The average Bonchev–Trinajstić information content (AvgIpc) is 2.28. The molecule has 0 aromatic carbocycles. The van der Waals surface area contributed by atoms with Gasteiger partial charge in [-0.05, 0) is 27.2 Å². The van der Waals surface area contributed by atoms with Crippen LogP contribution in [0, 0.1) is 0 Å². The van der Waals surface area contributed by atoms with Crippen molar-refractivity contribution in [3.05, 3.63) is 0 Å². The Labute approximate surface area is 116 Å². The predicted molar refractivity (Wildman–Crippen MR) is 74.0 cm³/mol. The van der Waals surface area contributed by atoms with Crippen LogP contribution in [0.2, 0.25) is 0 Å². The van der Waals surface area contributed by atoms with Crippen LogP contribution in [0.4, 0.5) is 4.79 Å². The molecule has 0 aliphatic rings. The van der Waals surface area contributed by atoms with Crippen LogP contribution in [0.15, 0.2) is 0 Å². The predicted octanol–water partition coefficient (Wildman–Crippen LogP) is 3.02. The van der Waals surface area contributed by atoms with E-state index >= 15 is 0 Å². The number of rotatable bonds is 8. The third-order valence-electron chi connectivity index (χ3n) is 2.27. The summed E-state index contributed by atoms with van der Waals surface area (Å²) < 4.78 is 10.0. The summed E-state index contributed by atoms with van der Waals surface area (Å²) in [5.74, 6) is -0.206. The highest BCUT2D eigenvalue weighted by molar-refractivity contribution is 5.69. The lowest BCUT2D eigenvalue weighted by atomic mass is 10.2. The molecular formula is C14H27NO4. The van der Waals surface area contributed by atoms with Crippen molar-refractivity contribution in [1.82, 2.24) is 5.32 Å². The Morgan fingerprint density at radius 1 is 1.11 bits per heavy atom. The molecule has 0 bridgehead atoms. The van der Waals surface area contributed by atoms with Gasteiger partial charge in [0.25, 0.3) is 0 Å². The molecule has 1 amide bonds. The Hall–Kier alpha value is -1.26. The Bertz CT molecular complexity index is 271. The molecule has 1 N–H and O–H groups in total. The molecule has 112 valence electrons. The first-order chi connectivity index (χ1) is 8.85. The molecule has 19 heavy (non-hydrogen) atoms. The van der Waals surface area contributed by atoms with Gasteiger partial charge in [0.1, 0.15) is 12.2 Å². The van der Waals surface area contributed by atoms with E-state index in [2.05, 4.69) is 12.2 Å². The van der Waals surface area contributed by atoms with Crippen molar-refractivity contribution in [2.75, 3.05) is 13.2 Å². The standard InChI is InChI=1S/C14H27NO4/c1-5-6-7-8-9-12(16)18-11-10-15-13(17)19-14(2,3)4/h5-11H2,1-4H3,(H,15,17). The SMILES string of the molecule is CCCCCCC(=O)OCCNC(=O)OC(C)(C)C. The fourth-order valence-corrected chi connectivity index (χ4v) is 1.40. The van der Waals surface area contributed by atoms with Crippen molar-refractivity contribution in [3.8, 4) is 0 Å². The molecule has 0 saturated heterocycles. The van der Waals surface area contributed by atoms with Gasteiger partial charge >= 0.3 is 12.1 Å². The molecule has 0 radical (unpaired) electrons. The van der Waals surface area contributed by atoms with Gasteiger partial charge in [0.15, 0.2) is 0 Å². The molecule has 0 atom stereocenters. The van der Waals surface area contributed by atoms with Gasteiger partial charge in [0.2, 0.25) is 0 Å². The molecule has 0 aromatic heterocycles. The third-order valence-corrected chi connectivity index (χ3v) is 2.27.